The number of esters is 1. The average molecular weight is 349 g/mol. The zero-order chi connectivity index (χ0) is 18.3. The van der Waals surface area contributed by atoms with E-state index in [9.17, 15) is 9.59 Å². The minimum atomic E-state index is -0.770. The van der Waals surface area contributed by atoms with E-state index in [1.807, 2.05) is 24.3 Å². The van der Waals surface area contributed by atoms with Gasteiger partial charge in [-0.15, -0.1) is 0 Å². The molecule has 1 aromatic carbocycles. The molecular weight excluding hydrogens is 322 g/mol. The zero-order valence-corrected chi connectivity index (χ0v) is 15.0. The Morgan fingerprint density at radius 1 is 1.32 bits per heavy atom. The SMILES string of the molecule is CCOC(=O)C(CCCOC)c1ccc(C2(C(N)=O)CCOC2)cc1. The van der Waals surface area contributed by atoms with Gasteiger partial charge in [0.1, 0.15) is 0 Å². The van der Waals surface area contributed by atoms with Gasteiger partial charge in [0.2, 0.25) is 5.91 Å². The Morgan fingerprint density at radius 3 is 2.56 bits per heavy atom. The van der Waals surface area contributed by atoms with Crippen molar-refractivity contribution in [2.75, 3.05) is 33.5 Å². The van der Waals surface area contributed by atoms with E-state index in [4.69, 9.17) is 19.9 Å². The molecule has 2 unspecified atom stereocenters. The quantitative estimate of drug-likeness (QED) is 0.543. The standard InChI is InChI=1S/C19H27NO5/c1-3-25-17(21)16(5-4-11-23-2)14-6-8-15(9-7-14)19(18(20)22)10-12-24-13-19/h6-9,16H,3-5,10-13H2,1-2H3,(H2,20,22). The van der Waals surface area contributed by atoms with Crippen molar-refractivity contribution in [2.45, 2.75) is 37.5 Å². The first-order valence-corrected chi connectivity index (χ1v) is 8.69. The molecule has 25 heavy (non-hydrogen) atoms. The fourth-order valence-electron chi connectivity index (χ4n) is 3.26. The van der Waals surface area contributed by atoms with Gasteiger partial charge in [-0.2, -0.15) is 0 Å². The van der Waals surface area contributed by atoms with E-state index in [0.29, 0.717) is 39.3 Å². The van der Waals surface area contributed by atoms with E-state index in [-0.39, 0.29) is 17.8 Å². The number of amides is 1. The first-order valence-electron chi connectivity index (χ1n) is 8.69. The molecule has 1 fully saturated rings. The first kappa shape index (κ1) is 19.4. The summed E-state index contributed by atoms with van der Waals surface area (Å²) in [6, 6.07) is 7.51. The molecule has 0 bridgehead atoms. The lowest BCUT2D eigenvalue weighted by atomic mass is 9.78. The number of nitrogens with two attached hydrogens (primary N) is 1. The van der Waals surface area contributed by atoms with E-state index < -0.39 is 5.41 Å². The number of primary amides is 1. The number of ether oxygens (including phenoxy) is 3. The van der Waals surface area contributed by atoms with Gasteiger partial charge >= 0.3 is 5.97 Å². The van der Waals surface area contributed by atoms with E-state index in [2.05, 4.69) is 0 Å². The van der Waals surface area contributed by atoms with Crippen molar-refractivity contribution in [2.24, 2.45) is 5.73 Å². The lowest BCUT2D eigenvalue weighted by Gasteiger charge is -2.24. The van der Waals surface area contributed by atoms with E-state index in [1.165, 1.54) is 0 Å². The van der Waals surface area contributed by atoms with Crippen LogP contribution in [0, 0.1) is 0 Å². The van der Waals surface area contributed by atoms with Gasteiger partial charge in [0, 0.05) is 20.3 Å². The molecule has 0 spiro atoms. The van der Waals surface area contributed by atoms with Crippen LogP contribution in [0.5, 0.6) is 0 Å². The van der Waals surface area contributed by atoms with Crippen LogP contribution >= 0.6 is 0 Å². The molecule has 1 aromatic rings. The van der Waals surface area contributed by atoms with Crippen LogP contribution in [-0.4, -0.2) is 45.4 Å². The molecular formula is C19H27NO5. The van der Waals surface area contributed by atoms with Gasteiger partial charge in [-0.1, -0.05) is 24.3 Å². The lowest BCUT2D eigenvalue weighted by Crippen LogP contribution is -2.41. The van der Waals surface area contributed by atoms with Crippen molar-refractivity contribution in [1.29, 1.82) is 0 Å². The predicted molar refractivity (Wildman–Crippen MR) is 93.2 cm³/mol. The van der Waals surface area contributed by atoms with Gasteiger partial charge in [-0.3, -0.25) is 9.59 Å². The third-order valence-corrected chi connectivity index (χ3v) is 4.77. The maximum Gasteiger partial charge on any atom is 0.313 e. The molecule has 0 radical (unpaired) electrons. The van der Waals surface area contributed by atoms with Crippen LogP contribution in [0.4, 0.5) is 0 Å². The average Bonchev–Trinajstić information content (AvgIpc) is 3.10. The summed E-state index contributed by atoms with van der Waals surface area (Å²) in [5.41, 5.74) is 6.56. The zero-order valence-electron chi connectivity index (χ0n) is 15.0. The summed E-state index contributed by atoms with van der Waals surface area (Å²) in [7, 11) is 1.64. The van der Waals surface area contributed by atoms with E-state index in [0.717, 1.165) is 17.5 Å². The van der Waals surface area contributed by atoms with Gasteiger partial charge < -0.3 is 19.9 Å². The molecule has 6 heteroatoms. The highest BCUT2D eigenvalue weighted by atomic mass is 16.5. The fourth-order valence-corrected chi connectivity index (χ4v) is 3.26. The number of carbonyl (C=O) groups is 2. The number of hydrogen-bond donors (Lipinski definition) is 1. The van der Waals surface area contributed by atoms with Crippen molar-refractivity contribution in [1.82, 2.24) is 0 Å². The van der Waals surface area contributed by atoms with Crippen molar-refractivity contribution < 1.29 is 23.8 Å². The predicted octanol–water partition coefficient (Wildman–Crippen LogP) is 1.90. The molecule has 1 amide bonds. The number of benzene rings is 1. The second kappa shape index (κ2) is 8.97. The molecule has 6 nitrogen and oxygen atoms in total. The minimum Gasteiger partial charge on any atom is -0.466 e. The van der Waals surface area contributed by atoms with Gasteiger partial charge in [0.15, 0.2) is 0 Å². The lowest BCUT2D eigenvalue weighted by molar-refractivity contribution is -0.145. The third kappa shape index (κ3) is 4.38. The Labute approximate surface area is 148 Å². The normalized spacial score (nSPS) is 21.0. The molecule has 2 atom stereocenters. The highest BCUT2D eigenvalue weighted by Crippen LogP contribution is 2.34. The summed E-state index contributed by atoms with van der Waals surface area (Å²) in [4.78, 5) is 24.3. The maximum atomic E-state index is 12.3. The van der Waals surface area contributed by atoms with E-state index >= 15 is 0 Å². The molecule has 0 saturated carbocycles. The Bertz CT molecular complexity index is 578. The van der Waals surface area contributed by atoms with Crippen molar-refractivity contribution in [3.63, 3.8) is 0 Å². The largest absolute Gasteiger partial charge is 0.466 e. The Morgan fingerprint density at radius 2 is 2.04 bits per heavy atom. The van der Waals surface area contributed by atoms with Crippen molar-refractivity contribution in [3.05, 3.63) is 35.4 Å². The van der Waals surface area contributed by atoms with Crippen LogP contribution in [0.25, 0.3) is 0 Å². The number of rotatable bonds is 9. The van der Waals surface area contributed by atoms with Crippen LogP contribution < -0.4 is 5.73 Å². The minimum absolute atomic E-state index is 0.236. The molecule has 1 saturated heterocycles. The third-order valence-electron chi connectivity index (χ3n) is 4.77. The summed E-state index contributed by atoms with van der Waals surface area (Å²) in [6.07, 6.45) is 1.99. The van der Waals surface area contributed by atoms with Gasteiger partial charge in [-0.25, -0.2) is 0 Å². The maximum absolute atomic E-state index is 12.3. The molecule has 1 aliphatic heterocycles. The highest BCUT2D eigenvalue weighted by molar-refractivity contribution is 5.87. The summed E-state index contributed by atoms with van der Waals surface area (Å²) in [5.74, 6) is -0.950. The summed E-state index contributed by atoms with van der Waals surface area (Å²) in [6.45, 7) is 3.56. The topological polar surface area (TPSA) is 87.9 Å². The Balaban J connectivity index is 2.21. The number of carbonyl (C=O) groups excluding carboxylic acids is 2. The van der Waals surface area contributed by atoms with Crippen LogP contribution in [0.1, 0.15) is 43.2 Å². The Hall–Kier alpha value is -1.92. The molecule has 1 aliphatic rings. The molecule has 1 heterocycles. The molecule has 2 N–H and O–H groups in total. The smallest absolute Gasteiger partial charge is 0.313 e. The molecule has 0 aliphatic carbocycles. The van der Waals surface area contributed by atoms with Crippen LogP contribution in [0.15, 0.2) is 24.3 Å². The van der Waals surface area contributed by atoms with Gasteiger partial charge in [0.05, 0.1) is 24.5 Å². The second-order valence-electron chi connectivity index (χ2n) is 6.31. The highest BCUT2D eigenvalue weighted by Gasteiger charge is 2.42. The molecule has 138 valence electrons. The van der Waals surface area contributed by atoms with Crippen LogP contribution in [0.3, 0.4) is 0 Å². The van der Waals surface area contributed by atoms with Crippen LogP contribution in [-0.2, 0) is 29.2 Å². The number of methoxy groups -OCH3 is 1. The fraction of sp³-hybridized carbons (Fsp3) is 0.579. The van der Waals surface area contributed by atoms with Crippen LogP contribution in [0.2, 0.25) is 0 Å². The summed E-state index contributed by atoms with van der Waals surface area (Å²) in [5, 5.41) is 0. The van der Waals surface area contributed by atoms with Gasteiger partial charge in [-0.05, 0) is 37.3 Å². The second-order valence-corrected chi connectivity index (χ2v) is 6.31. The van der Waals surface area contributed by atoms with Crippen molar-refractivity contribution in [3.8, 4) is 0 Å². The van der Waals surface area contributed by atoms with Crippen molar-refractivity contribution >= 4 is 11.9 Å². The van der Waals surface area contributed by atoms with E-state index in [1.54, 1.807) is 14.0 Å². The first-order chi connectivity index (χ1) is 12.0. The summed E-state index contributed by atoms with van der Waals surface area (Å²) < 4.78 is 15.7. The van der Waals surface area contributed by atoms with Gasteiger partial charge in [0.25, 0.3) is 0 Å². The monoisotopic (exact) mass is 349 g/mol. The summed E-state index contributed by atoms with van der Waals surface area (Å²) >= 11 is 0. The number of hydrogen-bond acceptors (Lipinski definition) is 5. The molecule has 2 rings (SSSR count). The molecule has 0 aromatic heterocycles. The Kier molecular flexibility index (Phi) is 6.96.